The van der Waals surface area contributed by atoms with Crippen molar-refractivity contribution in [2.75, 3.05) is 12.8 Å². The lowest BCUT2D eigenvalue weighted by Gasteiger charge is -2.01. The van der Waals surface area contributed by atoms with E-state index >= 15 is 0 Å². The first kappa shape index (κ1) is 13.1. The molecule has 0 aliphatic heterocycles. The summed E-state index contributed by atoms with van der Waals surface area (Å²) in [6.45, 7) is 2.02. The van der Waals surface area contributed by atoms with E-state index in [4.69, 9.17) is 10.5 Å². The lowest BCUT2D eigenvalue weighted by atomic mass is 10.1. The molecule has 0 saturated heterocycles. The van der Waals surface area contributed by atoms with Crippen molar-refractivity contribution in [1.29, 1.82) is 0 Å². The number of halogens is 1. The molecule has 2 rings (SSSR count). The zero-order valence-electron chi connectivity index (χ0n) is 9.99. The number of thiophene rings is 1. The summed E-state index contributed by atoms with van der Waals surface area (Å²) < 4.78 is 5.73. The highest BCUT2D eigenvalue weighted by atomic mass is 79.9. The van der Waals surface area contributed by atoms with Gasteiger partial charge in [-0.1, -0.05) is 28.1 Å². The van der Waals surface area contributed by atoms with Crippen LogP contribution in [0.15, 0.2) is 28.7 Å². The van der Waals surface area contributed by atoms with E-state index in [1.165, 1.54) is 18.4 Å². The first-order valence-corrected chi connectivity index (χ1v) is 6.88. The highest BCUT2D eigenvalue weighted by molar-refractivity contribution is 9.10. The predicted molar refractivity (Wildman–Crippen MR) is 77.9 cm³/mol. The number of aryl methyl sites for hydroxylation is 1. The first-order valence-electron chi connectivity index (χ1n) is 5.27. The number of carbonyl (C=O) groups is 1. The van der Waals surface area contributed by atoms with Gasteiger partial charge in [0.25, 0.3) is 0 Å². The summed E-state index contributed by atoms with van der Waals surface area (Å²) in [5, 5.41) is 0. The van der Waals surface area contributed by atoms with Crippen molar-refractivity contribution >= 4 is 38.9 Å². The van der Waals surface area contributed by atoms with Gasteiger partial charge in [-0.25, -0.2) is 4.79 Å². The Hall–Kier alpha value is -1.33. The molecule has 0 amide bonds. The van der Waals surface area contributed by atoms with E-state index in [9.17, 15) is 4.79 Å². The number of methoxy groups -OCH3 is 1. The summed E-state index contributed by atoms with van der Waals surface area (Å²) in [6, 6.07) is 7.84. The fraction of sp³-hybridized carbons (Fsp3) is 0.154. The predicted octanol–water partition coefficient (Wildman–Crippen LogP) is 3.85. The maximum atomic E-state index is 11.5. The molecule has 0 aliphatic rings. The van der Waals surface area contributed by atoms with Crippen LogP contribution in [0.5, 0.6) is 0 Å². The van der Waals surface area contributed by atoms with E-state index in [1.54, 1.807) is 6.07 Å². The average Bonchev–Trinajstić information content (AvgIpc) is 2.74. The number of benzene rings is 1. The first-order chi connectivity index (χ1) is 8.52. The van der Waals surface area contributed by atoms with Crippen molar-refractivity contribution in [3.05, 3.63) is 39.2 Å². The molecule has 18 heavy (non-hydrogen) atoms. The van der Waals surface area contributed by atoms with Crippen LogP contribution in [0, 0.1) is 6.92 Å². The van der Waals surface area contributed by atoms with Gasteiger partial charge < -0.3 is 10.5 Å². The lowest BCUT2D eigenvalue weighted by Crippen LogP contribution is -2.00. The highest BCUT2D eigenvalue weighted by Gasteiger charge is 2.15. The van der Waals surface area contributed by atoms with Crippen LogP contribution in [0.25, 0.3) is 10.4 Å². The molecular weight excluding hydrogens is 314 g/mol. The molecule has 3 nitrogen and oxygen atoms in total. The quantitative estimate of drug-likeness (QED) is 0.853. The Bertz CT molecular complexity index is 607. The van der Waals surface area contributed by atoms with Crippen molar-refractivity contribution in [2.24, 2.45) is 0 Å². The second kappa shape index (κ2) is 5.12. The van der Waals surface area contributed by atoms with Gasteiger partial charge in [-0.05, 0) is 30.2 Å². The third-order valence-corrected chi connectivity index (χ3v) is 4.62. The SMILES string of the molecule is COC(=O)c1sc(-c2ccc(C)c(Br)c2)cc1N. The molecule has 2 aromatic rings. The van der Waals surface area contributed by atoms with Crippen molar-refractivity contribution in [3.8, 4) is 10.4 Å². The molecule has 1 heterocycles. The zero-order valence-corrected chi connectivity index (χ0v) is 12.4. The van der Waals surface area contributed by atoms with Crippen LogP contribution in [0.1, 0.15) is 15.2 Å². The van der Waals surface area contributed by atoms with Gasteiger partial charge in [0.05, 0.1) is 12.8 Å². The molecule has 1 aromatic heterocycles. The van der Waals surface area contributed by atoms with E-state index < -0.39 is 5.97 Å². The molecule has 2 N–H and O–H groups in total. The van der Waals surface area contributed by atoms with Crippen LogP contribution in [0.3, 0.4) is 0 Å². The van der Waals surface area contributed by atoms with Gasteiger partial charge in [-0.15, -0.1) is 11.3 Å². The Kier molecular flexibility index (Phi) is 3.73. The summed E-state index contributed by atoms with van der Waals surface area (Å²) in [6.07, 6.45) is 0. The van der Waals surface area contributed by atoms with E-state index in [2.05, 4.69) is 15.9 Å². The van der Waals surface area contributed by atoms with E-state index in [1.807, 2.05) is 25.1 Å². The van der Waals surface area contributed by atoms with Crippen molar-refractivity contribution in [2.45, 2.75) is 6.92 Å². The van der Waals surface area contributed by atoms with E-state index in [0.29, 0.717) is 10.6 Å². The average molecular weight is 326 g/mol. The van der Waals surface area contributed by atoms with Gasteiger partial charge in [-0.2, -0.15) is 0 Å². The molecule has 94 valence electrons. The number of esters is 1. The smallest absolute Gasteiger partial charge is 0.350 e. The maximum Gasteiger partial charge on any atom is 0.350 e. The molecule has 0 aliphatic carbocycles. The standard InChI is InChI=1S/C13H12BrNO2S/c1-7-3-4-8(5-9(7)14)11-6-10(15)12(18-11)13(16)17-2/h3-6H,15H2,1-2H3. The third kappa shape index (κ3) is 2.42. The Labute approximate surface area is 118 Å². The second-order valence-electron chi connectivity index (χ2n) is 3.85. The van der Waals surface area contributed by atoms with Gasteiger partial charge in [0.1, 0.15) is 4.88 Å². The monoisotopic (exact) mass is 325 g/mol. The maximum absolute atomic E-state index is 11.5. The van der Waals surface area contributed by atoms with Gasteiger partial charge in [-0.3, -0.25) is 0 Å². The molecule has 0 unspecified atom stereocenters. The van der Waals surface area contributed by atoms with Crippen LogP contribution in [-0.2, 0) is 4.74 Å². The van der Waals surface area contributed by atoms with Crippen LogP contribution in [0.2, 0.25) is 0 Å². The molecule has 0 bridgehead atoms. The number of anilines is 1. The summed E-state index contributed by atoms with van der Waals surface area (Å²) in [5.74, 6) is -0.394. The number of nitrogen functional groups attached to an aromatic ring is 1. The van der Waals surface area contributed by atoms with Gasteiger partial charge >= 0.3 is 5.97 Å². The number of nitrogens with two attached hydrogens (primary N) is 1. The zero-order chi connectivity index (χ0) is 13.3. The Balaban J connectivity index is 2.45. The van der Waals surface area contributed by atoms with E-state index in [0.717, 1.165) is 20.5 Å². The molecule has 1 aromatic carbocycles. The van der Waals surface area contributed by atoms with E-state index in [-0.39, 0.29) is 0 Å². The Morgan fingerprint density at radius 1 is 1.39 bits per heavy atom. The Morgan fingerprint density at radius 3 is 2.72 bits per heavy atom. The summed E-state index contributed by atoms with van der Waals surface area (Å²) in [5.41, 5.74) is 8.47. The van der Waals surface area contributed by atoms with Crippen LogP contribution < -0.4 is 5.73 Å². The van der Waals surface area contributed by atoms with Crippen LogP contribution >= 0.6 is 27.3 Å². The van der Waals surface area contributed by atoms with Crippen molar-refractivity contribution in [3.63, 3.8) is 0 Å². The summed E-state index contributed by atoms with van der Waals surface area (Å²) in [4.78, 5) is 12.9. The fourth-order valence-electron chi connectivity index (χ4n) is 1.55. The summed E-state index contributed by atoms with van der Waals surface area (Å²) >= 11 is 4.83. The largest absolute Gasteiger partial charge is 0.465 e. The molecular formula is C13H12BrNO2S. The minimum absolute atomic E-state index is 0.394. The number of hydrogen-bond acceptors (Lipinski definition) is 4. The molecule has 0 spiro atoms. The van der Waals surface area contributed by atoms with Crippen LogP contribution in [0.4, 0.5) is 5.69 Å². The molecule has 0 radical (unpaired) electrons. The topological polar surface area (TPSA) is 52.3 Å². The minimum atomic E-state index is -0.394. The molecule has 5 heteroatoms. The van der Waals surface area contributed by atoms with Crippen molar-refractivity contribution in [1.82, 2.24) is 0 Å². The number of ether oxygens (including phenoxy) is 1. The fourth-order valence-corrected chi connectivity index (χ4v) is 2.92. The second-order valence-corrected chi connectivity index (χ2v) is 5.76. The minimum Gasteiger partial charge on any atom is -0.465 e. The number of carbonyl (C=O) groups excluding carboxylic acids is 1. The van der Waals surface area contributed by atoms with Gasteiger partial charge in [0.2, 0.25) is 0 Å². The Morgan fingerprint density at radius 2 is 2.11 bits per heavy atom. The number of rotatable bonds is 2. The number of hydrogen-bond donors (Lipinski definition) is 1. The third-order valence-electron chi connectivity index (χ3n) is 2.59. The molecule has 0 atom stereocenters. The van der Waals surface area contributed by atoms with Crippen LogP contribution in [-0.4, -0.2) is 13.1 Å². The van der Waals surface area contributed by atoms with Crippen molar-refractivity contribution < 1.29 is 9.53 Å². The van der Waals surface area contributed by atoms with Gasteiger partial charge in [0, 0.05) is 9.35 Å². The van der Waals surface area contributed by atoms with Gasteiger partial charge in [0.15, 0.2) is 0 Å². The lowest BCUT2D eigenvalue weighted by molar-refractivity contribution is 0.0607. The highest BCUT2D eigenvalue weighted by Crippen LogP contribution is 2.35. The molecule has 0 saturated carbocycles. The molecule has 0 fully saturated rings. The summed E-state index contributed by atoms with van der Waals surface area (Å²) in [7, 11) is 1.35. The normalized spacial score (nSPS) is 10.4.